The van der Waals surface area contributed by atoms with Crippen molar-refractivity contribution in [2.45, 2.75) is 13.5 Å². The Morgan fingerprint density at radius 2 is 1.92 bits per heavy atom. The molecule has 0 atom stereocenters. The van der Waals surface area contributed by atoms with Gasteiger partial charge in [0, 0.05) is 22.6 Å². The Bertz CT molecular complexity index is 982. The summed E-state index contributed by atoms with van der Waals surface area (Å²) in [6.45, 7) is 1.22. The number of carbonyl (C=O) groups is 2. The van der Waals surface area contributed by atoms with Crippen molar-refractivity contribution in [1.29, 1.82) is 0 Å². The fraction of sp³-hybridized carbons (Fsp3) is 0.111. The summed E-state index contributed by atoms with van der Waals surface area (Å²) in [4.78, 5) is 25.1. The van der Waals surface area contributed by atoms with Crippen LogP contribution in [0.3, 0.4) is 0 Å². The maximum atomic E-state index is 14.0. The number of amides is 1. The number of carboxylic acid groups (broad SMARTS) is 1. The number of hydrogen-bond acceptors (Lipinski definition) is 4. The highest BCUT2D eigenvalue weighted by Gasteiger charge is 2.26. The van der Waals surface area contributed by atoms with Crippen molar-refractivity contribution in [3.05, 3.63) is 59.4 Å². The van der Waals surface area contributed by atoms with Gasteiger partial charge in [-0.3, -0.25) is 9.69 Å². The van der Waals surface area contributed by atoms with Gasteiger partial charge in [-0.15, -0.1) is 11.3 Å². The Kier molecular flexibility index (Phi) is 4.41. The molecule has 128 valence electrons. The molecule has 1 aromatic heterocycles. The summed E-state index contributed by atoms with van der Waals surface area (Å²) in [6.07, 6.45) is 0. The highest BCUT2D eigenvalue weighted by atomic mass is 32.1. The fourth-order valence-corrected chi connectivity index (χ4v) is 3.86. The van der Waals surface area contributed by atoms with E-state index >= 15 is 0 Å². The number of halogens is 1. The lowest BCUT2D eigenvalue weighted by molar-refractivity contribution is -0.116. The third-order valence-electron chi connectivity index (χ3n) is 3.78. The van der Waals surface area contributed by atoms with E-state index in [-0.39, 0.29) is 28.4 Å². The number of thiophene rings is 1. The molecule has 0 saturated heterocycles. The van der Waals surface area contributed by atoms with E-state index in [1.807, 2.05) is 0 Å². The van der Waals surface area contributed by atoms with Crippen LogP contribution in [-0.4, -0.2) is 22.1 Å². The van der Waals surface area contributed by atoms with Crippen molar-refractivity contribution >= 4 is 38.3 Å². The SMILES string of the molecule is CC(=O)N(Cc1ccccc1F)c1sc2cc(O)ccc2c1C(=O)O. The normalized spacial score (nSPS) is 10.8. The fourth-order valence-electron chi connectivity index (χ4n) is 2.59. The summed E-state index contributed by atoms with van der Waals surface area (Å²) < 4.78 is 14.5. The number of hydrogen-bond donors (Lipinski definition) is 2. The third kappa shape index (κ3) is 3.18. The van der Waals surface area contributed by atoms with Gasteiger partial charge in [0.25, 0.3) is 0 Å². The van der Waals surface area contributed by atoms with Crippen LogP contribution in [0.2, 0.25) is 0 Å². The summed E-state index contributed by atoms with van der Waals surface area (Å²) in [5, 5.41) is 19.9. The second-order valence-corrected chi connectivity index (χ2v) is 6.50. The Morgan fingerprint density at radius 3 is 2.56 bits per heavy atom. The van der Waals surface area contributed by atoms with E-state index < -0.39 is 17.7 Å². The second-order valence-electron chi connectivity index (χ2n) is 5.46. The number of aromatic carboxylic acids is 1. The minimum Gasteiger partial charge on any atom is -0.508 e. The van der Waals surface area contributed by atoms with E-state index in [1.54, 1.807) is 18.2 Å². The van der Waals surface area contributed by atoms with Crippen molar-refractivity contribution in [1.82, 2.24) is 0 Å². The third-order valence-corrected chi connectivity index (χ3v) is 4.96. The number of rotatable bonds is 4. The van der Waals surface area contributed by atoms with Crippen LogP contribution in [0.1, 0.15) is 22.8 Å². The second kappa shape index (κ2) is 6.52. The summed E-state index contributed by atoms with van der Waals surface area (Å²) in [6, 6.07) is 10.4. The van der Waals surface area contributed by atoms with Gasteiger partial charge in [-0.25, -0.2) is 9.18 Å². The van der Waals surface area contributed by atoms with Crippen molar-refractivity contribution < 1.29 is 24.2 Å². The van der Waals surface area contributed by atoms with Gasteiger partial charge in [-0.1, -0.05) is 18.2 Å². The smallest absolute Gasteiger partial charge is 0.339 e. The van der Waals surface area contributed by atoms with Crippen LogP contribution >= 0.6 is 11.3 Å². The van der Waals surface area contributed by atoms with Crippen LogP contribution in [0, 0.1) is 5.82 Å². The van der Waals surface area contributed by atoms with E-state index in [1.165, 1.54) is 36.1 Å². The molecular weight excluding hydrogens is 345 g/mol. The van der Waals surface area contributed by atoms with Crippen LogP contribution in [-0.2, 0) is 11.3 Å². The molecule has 0 bridgehead atoms. The standard InChI is InChI=1S/C18H14FNO4S/c1-10(21)20(9-11-4-2-3-5-14(11)19)17-16(18(23)24)13-7-6-12(22)8-15(13)25-17/h2-8,22H,9H2,1H3,(H,23,24). The number of carbonyl (C=O) groups excluding carboxylic acids is 1. The predicted molar refractivity (Wildman–Crippen MR) is 93.7 cm³/mol. The lowest BCUT2D eigenvalue weighted by Crippen LogP contribution is -2.28. The first-order chi connectivity index (χ1) is 11.9. The lowest BCUT2D eigenvalue weighted by atomic mass is 10.1. The average Bonchev–Trinajstić information content (AvgIpc) is 2.91. The summed E-state index contributed by atoms with van der Waals surface area (Å²) in [7, 11) is 0. The number of nitrogens with zero attached hydrogens (tertiary/aromatic N) is 1. The molecule has 25 heavy (non-hydrogen) atoms. The van der Waals surface area contributed by atoms with Crippen LogP contribution in [0.25, 0.3) is 10.1 Å². The number of phenols is 1. The molecule has 0 radical (unpaired) electrons. The van der Waals surface area contributed by atoms with Crippen molar-refractivity contribution in [3.63, 3.8) is 0 Å². The molecule has 0 saturated carbocycles. The van der Waals surface area contributed by atoms with Crippen LogP contribution in [0.4, 0.5) is 9.39 Å². The molecule has 0 aliphatic carbocycles. The minimum atomic E-state index is -1.19. The lowest BCUT2D eigenvalue weighted by Gasteiger charge is -2.20. The minimum absolute atomic E-state index is 0.000664. The number of carboxylic acids is 1. The zero-order valence-electron chi connectivity index (χ0n) is 13.2. The van der Waals surface area contributed by atoms with E-state index in [9.17, 15) is 24.2 Å². The molecule has 3 rings (SSSR count). The van der Waals surface area contributed by atoms with Crippen LogP contribution in [0.15, 0.2) is 42.5 Å². The van der Waals surface area contributed by atoms with Crippen molar-refractivity contribution in [3.8, 4) is 5.75 Å². The number of fused-ring (bicyclic) bond motifs is 1. The van der Waals surface area contributed by atoms with Gasteiger partial charge in [0.05, 0.1) is 6.54 Å². The molecule has 5 nitrogen and oxygen atoms in total. The highest BCUT2D eigenvalue weighted by molar-refractivity contribution is 7.23. The van der Waals surface area contributed by atoms with Gasteiger partial charge in [-0.2, -0.15) is 0 Å². The molecule has 0 aliphatic heterocycles. The zero-order chi connectivity index (χ0) is 18.1. The van der Waals surface area contributed by atoms with E-state index in [4.69, 9.17) is 0 Å². The highest BCUT2D eigenvalue weighted by Crippen LogP contribution is 2.40. The maximum absolute atomic E-state index is 14.0. The maximum Gasteiger partial charge on any atom is 0.339 e. The molecule has 0 unspecified atom stereocenters. The molecule has 0 aliphatic rings. The molecule has 1 amide bonds. The monoisotopic (exact) mass is 359 g/mol. The molecule has 2 N–H and O–H groups in total. The van der Waals surface area contributed by atoms with Gasteiger partial charge in [0.2, 0.25) is 5.91 Å². The Morgan fingerprint density at radius 1 is 1.20 bits per heavy atom. The van der Waals surface area contributed by atoms with Gasteiger partial charge >= 0.3 is 5.97 Å². The molecule has 0 fully saturated rings. The Labute approximate surface area is 146 Å². The summed E-state index contributed by atoms with van der Waals surface area (Å²) in [5.74, 6) is -2.06. The summed E-state index contributed by atoms with van der Waals surface area (Å²) in [5.41, 5.74) is 0.251. The largest absolute Gasteiger partial charge is 0.508 e. The molecule has 2 aromatic carbocycles. The van der Waals surface area contributed by atoms with Crippen molar-refractivity contribution in [2.24, 2.45) is 0 Å². The molecule has 3 aromatic rings. The average molecular weight is 359 g/mol. The topological polar surface area (TPSA) is 77.8 Å². The molecule has 0 spiro atoms. The number of phenolic OH excluding ortho intramolecular Hbond substituents is 1. The van der Waals surface area contributed by atoms with Gasteiger partial charge in [0.15, 0.2) is 0 Å². The first-order valence-corrected chi connectivity index (χ1v) is 8.20. The van der Waals surface area contributed by atoms with Gasteiger partial charge < -0.3 is 10.2 Å². The van der Waals surface area contributed by atoms with Gasteiger partial charge in [-0.05, 0) is 24.3 Å². The molecule has 7 heteroatoms. The van der Waals surface area contributed by atoms with E-state index in [2.05, 4.69) is 0 Å². The first-order valence-electron chi connectivity index (χ1n) is 7.39. The van der Waals surface area contributed by atoms with Crippen LogP contribution < -0.4 is 4.90 Å². The number of aromatic hydroxyl groups is 1. The van der Waals surface area contributed by atoms with Crippen LogP contribution in [0.5, 0.6) is 5.75 Å². The zero-order valence-corrected chi connectivity index (χ0v) is 14.0. The van der Waals surface area contributed by atoms with E-state index in [0.717, 1.165) is 11.3 Å². The van der Waals surface area contributed by atoms with Crippen molar-refractivity contribution in [2.75, 3.05) is 4.90 Å². The summed E-state index contributed by atoms with van der Waals surface area (Å²) >= 11 is 1.07. The van der Waals surface area contributed by atoms with E-state index in [0.29, 0.717) is 10.1 Å². The number of anilines is 1. The van der Waals surface area contributed by atoms with Gasteiger partial charge in [0.1, 0.15) is 22.1 Å². The first kappa shape index (κ1) is 16.9. The molecular formula is C18H14FNO4S. The molecule has 1 heterocycles. The number of benzene rings is 2. The Balaban J connectivity index is 2.16. The quantitative estimate of drug-likeness (QED) is 0.738. The predicted octanol–water partition coefficient (Wildman–Crippen LogP) is 4.00. The Hall–Kier alpha value is -2.93.